The maximum Gasteiger partial charge on any atom is 0.320 e. The molecule has 0 spiro atoms. The van der Waals surface area contributed by atoms with Crippen LogP contribution in [-0.4, -0.2) is 29.1 Å². The minimum absolute atomic E-state index is 0.163. The summed E-state index contributed by atoms with van der Waals surface area (Å²) < 4.78 is 33.6. The first-order valence-electron chi connectivity index (χ1n) is 10.5. The molecule has 1 amide bonds. The van der Waals surface area contributed by atoms with Crippen LogP contribution >= 0.6 is 0 Å². The first-order valence-corrected chi connectivity index (χ1v) is 10.5. The number of methoxy groups -OCH3 is 1. The van der Waals surface area contributed by atoms with Crippen LogP contribution in [0.15, 0.2) is 60.7 Å². The maximum absolute atomic E-state index is 13.7. The molecule has 1 heterocycles. The number of amides is 1. The number of hydrogen-bond donors (Lipinski definition) is 1. The number of imidazole rings is 1. The smallest absolute Gasteiger partial charge is 0.320 e. The molecule has 0 unspecified atom stereocenters. The van der Waals surface area contributed by atoms with Crippen LogP contribution < -0.4 is 10.1 Å². The van der Waals surface area contributed by atoms with Gasteiger partial charge in [-0.15, -0.1) is 0 Å². The van der Waals surface area contributed by atoms with Gasteiger partial charge in [0.25, 0.3) is 0 Å². The minimum Gasteiger partial charge on any atom is -0.497 e. The van der Waals surface area contributed by atoms with Crippen molar-refractivity contribution in [3.05, 3.63) is 72.1 Å². The zero-order valence-corrected chi connectivity index (χ0v) is 18.2. The molecule has 4 rings (SSSR count). The number of aromatic nitrogens is 2. The van der Waals surface area contributed by atoms with Crippen molar-refractivity contribution in [3.8, 4) is 5.75 Å². The van der Waals surface area contributed by atoms with Crippen molar-refractivity contribution >= 4 is 27.7 Å². The Morgan fingerprint density at radius 3 is 2.53 bits per heavy atom. The second-order valence-corrected chi connectivity index (χ2v) is 7.95. The van der Waals surface area contributed by atoms with Crippen LogP contribution in [0.1, 0.15) is 43.6 Å². The third-order valence-electron chi connectivity index (χ3n) is 5.81. The van der Waals surface area contributed by atoms with Gasteiger partial charge in [0.1, 0.15) is 11.6 Å². The van der Waals surface area contributed by atoms with Crippen LogP contribution in [0.5, 0.6) is 5.75 Å². The van der Waals surface area contributed by atoms with E-state index in [1.807, 2.05) is 43.3 Å². The number of carbonyl (C=O) groups excluding carboxylic acids is 1. The van der Waals surface area contributed by atoms with Gasteiger partial charge in [-0.1, -0.05) is 43.3 Å². The van der Waals surface area contributed by atoms with E-state index in [2.05, 4.69) is 10.3 Å². The molecule has 7 heteroatoms. The Hall–Kier alpha value is -3.48. The van der Waals surface area contributed by atoms with Gasteiger partial charge in [-0.25, -0.2) is 4.98 Å². The number of alkyl halides is 2. The molecule has 1 aromatic heterocycles. The molecule has 32 heavy (non-hydrogen) atoms. The number of ether oxygens (including phenoxy) is 1. The van der Waals surface area contributed by atoms with Crippen LogP contribution in [0.2, 0.25) is 0 Å². The van der Waals surface area contributed by atoms with Crippen molar-refractivity contribution in [3.63, 3.8) is 0 Å². The number of fused-ring (bicyclic) bond motifs is 2. The fraction of sp³-hybridized carbons (Fsp3) is 0.280. The molecule has 3 aromatic carbocycles. The molecule has 0 saturated heterocycles. The quantitative estimate of drug-likeness (QED) is 0.408. The summed E-state index contributed by atoms with van der Waals surface area (Å²) in [5.41, 5.74) is 1.78. The SMILES string of the molecule is COc1ccc2cc([C@@H](C)C(=O)NC[C@H](C)c3nc4ccccc4n3C(F)F)ccc2c1. The Morgan fingerprint density at radius 1 is 1.06 bits per heavy atom. The second kappa shape index (κ2) is 8.94. The first kappa shape index (κ1) is 21.7. The lowest BCUT2D eigenvalue weighted by Gasteiger charge is -2.17. The normalized spacial score (nSPS) is 13.4. The third kappa shape index (κ3) is 4.15. The lowest BCUT2D eigenvalue weighted by atomic mass is 9.96. The van der Waals surface area contributed by atoms with Gasteiger partial charge in [0, 0.05) is 12.5 Å². The number of halogens is 2. The van der Waals surface area contributed by atoms with E-state index in [0.29, 0.717) is 11.0 Å². The first-order chi connectivity index (χ1) is 15.4. The molecular weight excluding hydrogens is 412 g/mol. The van der Waals surface area contributed by atoms with Crippen molar-refractivity contribution in [2.75, 3.05) is 13.7 Å². The van der Waals surface area contributed by atoms with Gasteiger partial charge >= 0.3 is 6.55 Å². The lowest BCUT2D eigenvalue weighted by Crippen LogP contribution is -2.32. The van der Waals surface area contributed by atoms with Gasteiger partial charge in [-0.05, 0) is 47.5 Å². The average Bonchev–Trinajstić information content (AvgIpc) is 3.21. The van der Waals surface area contributed by atoms with E-state index in [-0.39, 0.29) is 30.1 Å². The summed E-state index contributed by atoms with van der Waals surface area (Å²) in [6, 6.07) is 18.5. The highest BCUT2D eigenvalue weighted by Crippen LogP contribution is 2.28. The van der Waals surface area contributed by atoms with E-state index in [1.54, 1.807) is 38.3 Å². The lowest BCUT2D eigenvalue weighted by molar-refractivity contribution is -0.122. The molecule has 5 nitrogen and oxygen atoms in total. The summed E-state index contributed by atoms with van der Waals surface area (Å²) in [7, 11) is 1.62. The van der Waals surface area contributed by atoms with Crippen LogP contribution in [0.3, 0.4) is 0 Å². The van der Waals surface area contributed by atoms with Gasteiger partial charge in [0.15, 0.2) is 0 Å². The van der Waals surface area contributed by atoms with E-state index < -0.39 is 6.55 Å². The predicted molar refractivity (Wildman–Crippen MR) is 121 cm³/mol. The Bertz CT molecular complexity index is 1270. The van der Waals surface area contributed by atoms with Gasteiger partial charge in [-0.2, -0.15) is 8.78 Å². The van der Waals surface area contributed by atoms with Gasteiger partial charge in [0.05, 0.1) is 24.1 Å². The molecule has 4 aromatic rings. The fourth-order valence-electron chi connectivity index (χ4n) is 3.90. The van der Waals surface area contributed by atoms with Gasteiger partial charge < -0.3 is 10.1 Å². The van der Waals surface area contributed by atoms with Gasteiger partial charge in [-0.3, -0.25) is 9.36 Å². The molecule has 1 N–H and O–H groups in total. The highest BCUT2D eigenvalue weighted by Gasteiger charge is 2.23. The number of carbonyl (C=O) groups is 1. The Balaban J connectivity index is 1.48. The summed E-state index contributed by atoms with van der Waals surface area (Å²) in [4.78, 5) is 17.2. The summed E-state index contributed by atoms with van der Waals surface area (Å²) in [5.74, 6) is 0.109. The Labute approximate surface area is 185 Å². The van der Waals surface area contributed by atoms with Crippen molar-refractivity contribution in [1.29, 1.82) is 0 Å². The highest BCUT2D eigenvalue weighted by atomic mass is 19.3. The summed E-state index contributed by atoms with van der Waals surface area (Å²) in [5, 5.41) is 4.94. The predicted octanol–water partition coefficient (Wildman–Crippen LogP) is 5.62. The Morgan fingerprint density at radius 2 is 1.78 bits per heavy atom. The number of nitrogens with zero attached hydrogens (tertiary/aromatic N) is 2. The Kier molecular flexibility index (Phi) is 6.08. The van der Waals surface area contributed by atoms with Crippen LogP contribution in [0, 0.1) is 0 Å². The van der Waals surface area contributed by atoms with Crippen LogP contribution in [0.25, 0.3) is 21.8 Å². The maximum atomic E-state index is 13.7. The molecular formula is C25H25F2N3O2. The van der Waals surface area contributed by atoms with E-state index in [4.69, 9.17) is 4.74 Å². The number of nitrogens with one attached hydrogen (secondary N) is 1. The van der Waals surface area contributed by atoms with Crippen molar-refractivity contribution in [2.24, 2.45) is 0 Å². The van der Waals surface area contributed by atoms with Gasteiger partial charge in [0.2, 0.25) is 5.91 Å². The standard InChI is InChI=1S/C25H25F2N3O2/c1-15(23-29-21-6-4-5-7-22(21)30(23)25(26)27)14-28-24(31)16(2)17-8-9-19-13-20(32-3)11-10-18(19)12-17/h4-13,15-16,25H,14H2,1-3H3,(H,28,31)/t15-,16+/m0/s1. The second-order valence-electron chi connectivity index (χ2n) is 7.95. The number of rotatable bonds is 7. The molecule has 0 saturated carbocycles. The topological polar surface area (TPSA) is 56.1 Å². The molecule has 2 atom stereocenters. The summed E-state index contributed by atoms with van der Waals surface area (Å²) >= 11 is 0. The molecule has 0 aliphatic rings. The van der Waals surface area contributed by atoms with E-state index in [0.717, 1.165) is 26.7 Å². The molecule has 0 radical (unpaired) electrons. The number of benzene rings is 3. The summed E-state index contributed by atoms with van der Waals surface area (Å²) in [6.07, 6.45) is 0. The minimum atomic E-state index is -2.70. The van der Waals surface area contributed by atoms with E-state index >= 15 is 0 Å². The zero-order valence-electron chi connectivity index (χ0n) is 18.2. The fourth-order valence-corrected chi connectivity index (χ4v) is 3.90. The molecule has 0 aliphatic heterocycles. The molecule has 0 aliphatic carbocycles. The van der Waals surface area contributed by atoms with Crippen LogP contribution in [0.4, 0.5) is 8.78 Å². The number of hydrogen-bond acceptors (Lipinski definition) is 3. The molecule has 0 bridgehead atoms. The molecule has 166 valence electrons. The highest BCUT2D eigenvalue weighted by molar-refractivity contribution is 5.88. The monoisotopic (exact) mass is 437 g/mol. The zero-order chi connectivity index (χ0) is 22.8. The number of para-hydroxylation sites is 2. The van der Waals surface area contributed by atoms with Crippen LogP contribution in [-0.2, 0) is 4.79 Å². The largest absolute Gasteiger partial charge is 0.497 e. The van der Waals surface area contributed by atoms with E-state index in [1.165, 1.54) is 0 Å². The van der Waals surface area contributed by atoms with E-state index in [9.17, 15) is 13.6 Å². The van der Waals surface area contributed by atoms with Crippen molar-refractivity contribution in [2.45, 2.75) is 32.2 Å². The van der Waals surface area contributed by atoms with Crippen molar-refractivity contribution in [1.82, 2.24) is 14.9 Å². The summed E-state index contributed by atoms with van der Waals surface area (Å²) in [6.45, 7) is 1.13. The molecule has 0 fully saturated rings. The van der Waals surface area contributed by atoms with Crippen molar-refractivity contribution < 1.29 is 18.3 Å². The average molecular weight is 437 g/mol. The third-order valence-corrected chi connectivity index (χ3v) is 5.81.